The van der Waals surface area contributed by atoms with E-state index in [1.54, 1.807) is 19.2 Å². The van der Waals surface area contributed by atoms with Crippen molar-refractivity contribution in [3.05, 3.63) is 64.2 Å². The fourth-order valence-electron chi connectivity index (χ4n) is 2.57. The molecule has 2 aromatic carbocycles. The third-order valence-electron chi connectivity index (χ3n) is 3.88. The molecule has 0 fully saturated rings. The number of para-hydroxylation sites is 2. The number of aromatic nitrogens is 1. The summed E-state index contributed by atoms with van der Waals surface area (Å²) in [7, 11) is 1.60. The van der Waals surface area contributed by atoms with E-state index in [-0.39, 0.29) is 23.0 Å². The molecule has 1 N–H and O–H groups in total. The molecule has 8 heteroatoms. The fourth-order valence-corrected chi connectivity index (χ4v) is 3.36. The van der Waals surface area contributed by atoms with Crippen LogP contribution in [0.4, 0.5) is 11.4 Å². The van der Waals surface area contributed by atoms with Crippen LogP contribution in [-0.2, 0) is 4.79 Å². The number of nitrogens with zero attached hydrogens (tertiary/aromatic N) is 2. The number of benzene rings is 2. The zero-order chi connectivity index (χ0) is 19.4. The van der Waals surface area contributed by atoms with Crippen molar-refractivity contribution in [2.75, 3.05) is 18.2 Å². The number of nitro benzene ring substituents is 1. The molecule has 0 aliphatic carbocycles. The molecule has 0 radical (unpaired) electrons. The zero-order valence-corrected chi connectivity index (χ0v) is 15.6. The van der Waals surface area contributed by atoms with Gasteiger partial charge in [-0.25, -0.2) is 4.98 Å². The molecular formula is C19H17N3O4S. The number of fused-ring (bicyclic) bond motifs is 1. The van der Waals surface area contributed by atoms with Crippen molar-refractivity contribution in [3.8, 4) is 5.75 Å². The average molecular weight is 383 g/mol. The van der Waals surface area contributed by atoms with Gasteiger partial charge in [-0.3, -0.25) is 14.9 Å². The number of ether oxygens (including phenoxy) is 1. The van der Waals surface area contributed by atoms with Gasteiger partial charge in [-0.2, -0.15) is 0 Å². The number of aryl methyl sites for hydroxylation is 1. The van der Waals surface area contributed by atoms with Crippen molar-refractivity contribution >= 4 is 39.9 Å². The van der Waals surface area contributed by atoms with E-state index >= 15 is 0 Å². The van der Waals surface area contributed by atoms with Gasteiger partial charge in [0.1, 0.15) is 16.5 Å². The Morgan fingerprint density at radius 1 is 1.26 bits per heavy atom. The summed E-state index contributed by atoms with van der Waals surface area (Å²) < 4.78 is 5.22. The molecule has 0 spiro atoms. The third-order valence-corrected chi connectivity index (χ3v) is 4.98. The number of methoxy groups -OCH3 is 1. The molecule has 0 bridgehead atoms. The van der Waals surface area contributed by atoms with Crippen molar-refractivity contribution < 1.29 is 14.5 Å². The summed E-state index contributed by atoms with van der Waals surface area (Å²) in [6, 6.07) is 13.7. The zero-order valence-electron chi connectivity index (χ0n) is 14.8. The number of hydrogen-bond acceptors (Lipinski definition) is 6. The number of hydrogen-bond donors (Lipinski definition) is 1. The highest BCUT2D eigenvalue weighted by molar-refractivity contribution is 8.00. The van der Waals surface area contributed by atoms with E-state index in [1.807, 2.05) is 31.2 Å². The van der Waals surface area contributed by atoms with Gasteiger partial charge in [-0.05, 0) is 36.8 Å². The Kier molecular flexibility index (Phi) is 5.56. The van der Waals surface area contributed by atoms with Crippen molar-refractivity contribution in [1.29, 1.82) is 0 Å². The maximum absolute atomic E-state index is 12.2. The van der Waals surface area contributed by atoms with E-state index < -0.39 is 4.92 Å². The van der Waals surface area contributed by atoms with Crippen LogP contribution in [-0.4, -0.2) is 28.7 Å². The molecule has 0 unspecified atom stereocenters. The highest BCUT2D eigenvalue weighted by atomic mass is 32.2. The van der Waals surface area contributed by atoms with Crippen molar-refractivity contribution in [2.24, 2.45) is 0 Å². The van der Waals surface area contributed by atoms with Crippen molar-refractivity contribution in [2.45, 2.75) is 11.9 Å². The number of amides is 1. The van der Waals surface area contributed by atoms with Crippen molar-refractivity contribution in [3.63, 3.8) is 0 Å². The fraction of sp³-hybridized carbons (Fsp3) is 0.158. The first-order chi connectivity index (χ1) is 13.0. The Morgan fingerprint density at radius 3 is 2.78 bits per heavy atom. The molecule has 0 aliphatic heterocycles. The highest BCUT2D eigenvalue weighted by Crippen LogP contribution is 2.28. The first-order valence-corrected chi connectivity index (χ1v) is 9.08. The number of carbonyl (C=O) groups excluding carboxylic acids is 1. The molecule has 7 nitrogen and oxygen atoms in total. The van der Waals surface area contributed by atoms with Crippen LogP contribution in [0.2, 0.25) is 0 Å². The number of carbonyl (C=O) groups is 1. The number of thioether (sulfide) groups is 1. The summed E-state index contributed by atoms with van der Waals surface area (Å²) >= 11 is 1.28. The van der Waals surface area contributed by atoms with E-state index in [0.29, 0.717) is 5.75 Å². The quantitative estimate of drug-likeness (QED) is 0.390. The summed E-state index contributed by atoms with van der Waals surface area (Å²) in [6.45, 7) is 1.93. The van der Waals surface area contributed by atoms with Crippen LogP contribution in [0.25, 0.3) is 10.9 Å². The molecule has 1 aromatic heterocycles. The Labute approximate surface area is 159 Å². The third kappa shape index (κ3) is 4.35. The molecule has 138 valence electrons. The number of nitrogens with one attached hydrogen (secondary N) is 1. The molecule has 27 heavy (non-hydrogen) atoms. The number of anilines is 1. The number of nitro groups is 1. The lowest BCUT2D eigenvalue weighted by Crippen LogP contribution is -2.15. The van der Waals surface area contributed by atoms with Gasteiger partial charge < -0.3 is 10.1 Å². The standard InChI is InChI=1S/C19H17N3O4S/c1-12-9-13-7-8-14(26-2)10-16(13)21-19(12)27-11-18(23)20-15-5-3-4-6-17(15)22(24)25/h3-10H,11H2,1-2H3,(H,20,23). The lowest BCUT2D eigenvalue weighted by Gasteiger charge is -2.09. The molecule has 0 aliphatic rings. The number of pyridine rings is 1. The van der Waals surface area contributed by atoms with Gasteiger partial charge in [0.15, 0.2) is 0 Å². The van der Waals surface area contributed by atoms with E-state index in [2.05, 4.69) is 10.3 Å². The monoisotopic (exact) mass is 383 g/mol. The second-order valence-electron chi connectivity index (χ2n) is 5.78. The predicted octanol–water partition coefficient (Wildman–Crippen LogP) is 4.19. The van der Waals surface area contributed by atoms with E-state index in [1.165, 1.54) is 23.9 Å². The second-order valence-corrected chi connectivity index (χ2v) is 6.74. The molecular weight excluding hydrogens is 366 g/mol. The summed E-state index contributed by atoms with van der Waals surface area (Å²) in [4.78, 5) is 27.3. The van der Waals surface area contributed by atoms with Crippen LogP contribution in [0, 0.1) is 17.0 Å². The Bertz CT molecular complexity index is 1020. The second kappa shape index (κ2) is 8.05. The smallest absolute Gasteiger partial charge is 0.292 e. The lowest BCUT2D eigenvalue weighted by molar-refractivity contribution is -0.383. The number of rotatable bonds is 6. The van der Waals surface area contributed by atoms with Crippen LogP contribution < -0.4 is 10.1 Å². The Morgan fingerprint density at radius 2 is 2.04 bits per heavy atom. The molecule has 3 aromatic rings. The molecule has 0 saturated heterocycles. The normalized spacial score (nSPS) is 10.6. The van der Waals surface area contributed by atoms with Gasteiger partial charge in [-0.15, -0.1) is 0 Å². The minimum absolute atomic E-state index is 0.0926. The minimum atomic E-state index is -0.523. The molecule has 3 rings (SSSR count). The van der Waals surface area contributed by atoms with Gasteiger partial charge in [0.25, 0.3) is 5.69 Å². The molecule has 0 saturated carbocycles. The first-order valence-electron chi connectivity index (χ1n) is 8.09. The van der Waals surface area contributed by atoms with Crippen molar-refractivity contribution in [1.82, 2.24) is 4.98 Å². The topological polar surface area (TPSA) is 94.4 Å². The van der Waals surface area contributed by atoms with Gasteiger partial charge >= 0.3 is 0 Å². The Balaban J connectivity index is 1.73. The van der Waals surface area contributed by atoms with E-state index in [9.17, 15) is 14.9 Å². The Hall–Kier alpha value is -3.13. The van der Waals surface area contributed by atoms with Gasteiger partial charge in [-0.1, -0.05) is 23.9 Å². The summed E-state index contributed by atoms with van der Waals surface area (Å²) in [5.41, 5.74) is 1.78. The maximum Gasteiger partial charge on any atom is 0.292 e. The van der Waals surface area contributed by atoms with Crippen LogP contribution in [0.3, 0.4) is 0 Å². The summed E-state index contributed by atoms with van der Waals surface area (Å²) in [5.74, 6) is 0.472. The van der Waals surface area contributed by atoms with Crippen LogP contribution in [0.15, 0.2) is 53.6 Å². The van der Waals surface area contributed by atoms with Gasteiger partial charge in [0.05, 0.1) is 23.3 Å². The van der Waals surface area contributed by atoms with Gasteiger partial charge in [0.2, 0.25) is 5.91 Å². The predicted molar refractivity (Wildman–Crippen MR) is 105 cm³/mol. The van der Waals surface area contributed by atoms with Crippen LogP contribution in [0.1, 0.15) is 5.56 Å². The van der Waals surface area contributed by atoms with E-state index in [4.69, 9.17) is 4.74 Å². The molecule has 1 amide bonds. The molecule has 0 atom stereocenters. The van der Waals surface area contributed by atoms with Gasteiger partial charge in [0, 0.05) is 17.5 Å². The largest absolute Gasteiger partial charge is 0.497 e. The lowest BCUT2D eigenvalue weighted by atomic mass is 10.2. The summed E-state index contributed by atoms with van der Waals surface area (Å²) in [5, 5.41) is 15.3. The van der Waals surface area contributed by atoms with E-state index in [0.717, 1.165) is 21.5 Å². The first kappa shape index (κ1) is 18.7. The maximum atomic E-state index is 12.2. The molecule has 1 heterocycles. The SMILES string of the molecule is COc1ccc2cc(C)c(SCC(=O)Nc3ccccc3[N+](=O)[O-])nc2c1. The summed E-state index contributed by atoms with van der Waals surface area (Å²) in [6.07, 6.45) is 0. The minimum Gasteiger partial charge on any atom is -0.497 e. The van der Waals surface area contributed by atoms with Crippen LogP contribution >= 0.6 is 11.8 Å². The average Bonchev–Trinajstić information content (AvgIpc) is 2.66. The van der Waals surface area contributed by atoms with Crippen LogP contribution in [0.5, 0.6) is 5.75 Å². The highest BCUT2D eigenvalue weighted by Gasteiger charge is 2.15.